The smallest absolute Gasteiger partial charge is 0.214 e. The molecule has 2 atom stereocenters. The molecular formula is C13H27NO4S. The summed E-state index contributed by atoms with van der Waals surface area (Å²) in [5.74, 6) is 0.269. The van der Waals surface area contributed by atoms with Crippen molar-refractivity contribution in [3.8, 4) is 0 Å². The Bertz CT molecular complexity index is 382. The van der Waals surface area contributed by atoms with Crippen molar-refractivity contribution in [2.45, 2.75) is 77.1 Å². The molecule has 0 aromatic carbocycles. The second kappa shape index (κ2) is 6.08. The highest BCUT2D eigenvalue weighted by molar-refractivity contribution is 7.90. The molecule has 2 unspecified atom stereocenters. The molecule has 0 saturated heterocycles. The van der Waals surface area contributed by atoms with E-state index >= 15 is 0 Å². The van der Waals surface area contributed by atoms with E-state index < -0.39 is 28.0 Å². The van der Waals surface area contributed by atoms with E-state index in [0.29, 0.717) is 19.3 Å². The number of hydrogen-bond acceptors (Lipinski definition) is 4. The predicted molar refractivity (Wildman–Crippen MR) is 75.2 cm³/mol. The lowest BCUT2D eigenvalue weighted by atomic mass is 10.0. The van der Waals surface area contributed by atoms with Gasteiger partial charge in [0.05, 0.1) is 16.9 Å². The molecule has 19 heavy (non-hydrogen) atoms. The van der Waals surface area contributed by atoms with E-state index in [1.807, 2.05) is 34.6 Å². The van der Waals surface area contributed by atoms with Gasteiger partial charge in [-0.2, -0.15) is 0 Å². The van der Waals surface area contributed by atoms with E-state index in [9.17, 15) is 13.5 Å². The third-order valence-electron chi connectivity index (χ3n) is 2.82. The average molecular weight is 293 g/mol. The van der Waals surface area contributed by atoms with Crippen LogP contribution in [-0.4, -0.2) is 36.7 Å². The minimum Gasteiger partial charge on any atom is -0.367 e. The standard InChI is InChI=1S/C13H27NO4S/c1-9(2)8-11(12(15)18-13(3,4)5)14-19(16,17)10-6-7-10/h9-12,14-15H,6-8H2,1-5H3. The number of sulfonamides is 1. The van der Waals surface area contributed by atoms with Crippen LogP contribution in [0.4, 0.5) is 0 Å². The fourth-order valence-electron chi connectivity index (χ4n) is 1.86. The van der Waals surface area contributed by atoms with E-state index in [1.54, 1.807) is 0 Å². The molecule has 1 saturated carbocycles. The molecule has 5 nitrogen and oxygen atoms in total. The summed E-state index contributed by atoms with van der Waals surface area (Å²) in [6.07, 6.45) is 0.833. The first-order valence-electron chi connectivity index (χ1n) is 6.88. The van der Waals surface area contributed by atoms with Crippen molar-refractivity contribution in [2.24, 2.45) is 5.92 Å². The molecular weight excluding hydrogens is 266 g/mol. The van der Waals surface area contributed by atoms with Crippen molar-refractivity contribution in [1.82, 2.24) is 4.72 Å². The highest BCUT2D eigenvalue weighted by atomic mass is 32.2. The van der Waals surface area contributed by atoms with Crippen LogP contribution in [0.2, 0.25) is 0 Å². The monoisotopic (exact) mass is 293 g/mol. The lowest BCUT2D eigenvalue weighted by Gasteiger charge is -2.31. The van der Waals surface area contributed by atoms with Gasteiger partial charge in [-0.3, -0.25) is 0 Å². The summed E-state index contributed by atoms with van der Waals surface area (Å²) in [5.41, 5.74) is -0.514. The lowest BCUT2D eigenvalue weighted by Crippen LogP contribution is -2.48. The van der Waals surface area contributed by atoms with Gasteiger partial charge < -0.3 is 9.84 Å². The Balaban J connectivity index is 2.70. The van der Waals surface area contributed by atoms with Crippen LogP contribution in [0, 0.1) is 5.92 Å². The van der Waals surface area contributed by atoms with Crippen LogP contribution in [0.5, 0.6) is 0 Å². The third kappa shape index (κ3) is 6.21. The quantitative estimate of drug-likeness (QED) is 0.699. The summed E-state index contributed by atoms with van der Waals surface area (Å²) in [4.78, 5) is 0. The molecule has 6 heteroatoms. The molecule has 0 aromatic heterocycles. The summed E-state index contributed by atoms with van der Waals surface area (Å²) in [7, 11) is -3.32. The van der Waals surface area contributed by atoms with Crippen LogP contribution >= 0.6 is 0 Å². The maximum Gasteiger partial charge on any atom is 0.214 e. The highest BCUT2D eigenvalue weighted by Crippen LogP contribution is 2.28. The summed E-state index contributed by atoms with van der Waals surface area (Å²) in [6.45, 7) is 9.47. The lowest BCUT2D eigenvalue weighted by molar-refractivity contribution is -0.179. The van der Waals surface area contributed by atoms with Crippen LogP contribution < -0.4 is 4.72 Å². The Morgan fingerprint density at radius 1 is 1.32 bits per heavy atom. The van der Waals surface area contributed by atoms with Crippen LogP contribution in [0.25, 0.3) is 0 Å². The minimum absolute atomic E-state index is 0.269. The SMILES string of the molecule is CC(C)CC(NS(=O)(=O)C1CC1)C(O)OC(C)(C)C. The maximum absolute atomic E-state index is 12.0. The van der Waals surface area contributed by atoms with E-state index in [4.69, 9.17) is 4.74 Å². The van der Waals surface area contributed by atoms with Crippen molar-refractivity contribution < 1.29 is 18.3 Å². The first-order valence-corrected chi connectivity index (χ1v) is 8.43. The fraction of sp³-hybridized carbons (Fsp3) is 1.00. The molecule has 0 spiro atoms. The molecule has 1 rings (SSSR count). The van der Waals surface area contributed by atoms with Crippen molar-refractivity contribution in [2.75, 3.05) is 0 Å². The van der Waals surface area contributed by atoms with Crippen molar-refractivity contribution in [1.29, 1.82) is 0 Å². The van der Waals surface area contributed by atoms with E-state index in [1.165, 1.54) is 0 Å². The summed E-state index contributed by atoms with van der Waals surface area (Å²) in [6, 6.07) is -0.593. The number of ether oxygens (including phenoxy) is 1. The van der Waals surface area contributed by atoms with Crippen LogP contribution in [0.15, 0.2) is 0 Å². The molecule has 0 bridgehead atoms. The molecule has 0 radical (unpaired) electrons. The van der Waals surface area contributed by atoms with E-state index in [-0.39, 0.29) is 11.2 Å². The van der Waals surface area contributed by atoms with E-state index in [0.717, 1.165) is 0 Å². The van der Waals surface area contributed by atoms with Gasteiger partial charge in [0, 0.05) is 0 Å². The van der Waals surface area contributed by atoms with E-state index in [2.05, 4.69) is 4.72 Å². The number of nitrogens with one attached hydrogen (secondary N) is 1. The van der Waals surface area contributed by atoms with Crippen LogP contribution in [0.3, 0.4) is 0 Å². The molecule has 1 fully saturated rings. The Kier molecular flexibility index (Phi) is 5.40. The number of aliphatic hydroxyl groups excluding tert-OH is 1. The minimum atomic E-state index is -3.32. The summed E-state index contributed by atoms with van der Waals surface area (Å²) < 4.78 is 32.0. The van der Waals surface area contributed by atoms with Gasteiger partial charge in [-0.25, -0.2) is 13.1 Å². The van der Waals surface area contributed by atoms with Crippen molar-refractivity contribution in [3.63, 3.8) is 0 Å². The molecule has 1 aliphatic carbocycles. The second-order valence-corrected chi connectivity index (χ2v) is 8.71. The molecule has 0 aliphatic heterocycles. The molecule has 0 amide bonds. The fourth-order valence-corrected chi connectivity index (χ4v) is 3.44. The van der Waals surface area contributed by atoms with Gasteiger partial charge in [0.25, 0.3) is 0 Å². The average Bonchev–Trinajstić information content (AvgIpc) is 2.95. The second-order valence-electron chi connectivity index (χ2n) is 6.72. The van der Waals surface area contributed by atoms with Gasteiger partial charge in [-0.15, -0.1) is 0 Å². The Labute approximate surface area is 116 Å². The van der Waals surface area contributed by atoms with Gasteiger partial charge in [0.2, 0.25) is 10.0 Å². The van der Waals surface area contributed by atoms with Gasteiger partial charge in [0.1, 0.15) is 0 Å². The Morgan fingerprint density at radius 2 is 1.84 bits per heavy atom. The first-order chi connectivity index (χ1) is 8.51. The number of aliphatic hydroxyl groups is 1. The zero-order valence-electron chi connectivity index (χ0n) is 12.5. The predicted octanol–water partition coefficient (Wildman–Crippen LogP) is 1.62. The molecule has 0 heterocycles. The molecule has 2 N–H and O–H groups in total. The molecule has 1 aliphatic rings. The van der Waals surface area contributed by atoms with Gasteiger partial charge >= 0.3 is 0 Å². The third-order valence-corrected chi connectivity index (χ3v) is 4.80. The van der Waals surface area contributed by atoms with Gasteiger partial charge in [-0.1, -0.05) is 13.8 Å². The topological polar surface area (TPSA) is 75.6 Å². The van der Waals surface area contributed by atoms with Crippen LogP contribution in [-0.2, 0) is 14.8 Å². The molecule has 114 valence electrons. The van der Waals surface area contributed by atoms with Gasteiger partial charge in [-0.05, 0) is 46.0 Å². The van der Waals surface area contributed by atoms with Gasteiger partial charge in [0.15, 0.2) is 6.29 Å². The highest BCUT2D eigenvalue weighted by Gasteiger charge is 2.39. The summed E-state index contributed by atoms with van der Waals surface area (Å²) in [5, 5.41) is 9.82. The first kappa shape index (κ1) is 16.9. The largest absolute Gasteiger partial charge is 0.367 e. The van der Waals surface area contributed by atoms with Crippen molar-refractivity contribution >= 4 is 10.0 Å². The van der Waals surface area contributed by atoms with Crippen molar-refractivity contribution in [3.05, 3.63) is 0 Å². The zero-order chi connectivity index (χ0) is 14.8. The zero-order valence-corrected chi connectivity index (χ0v) is 13.3. The summed E-state index contributed by atoms with van der Waals surface area (Å²) >= 11 is 0. The molecule has 0 aromatic rings. The number of rotatable bonds is 7. The maximum atomic E-state index is 12.0. The Morgan fingerprint density at radius 3 is 2.21 bits per heavy atom. The van der Waals surface area contributed by atoms with Crippen LogP contribution in [0.1, 0.15) is 53.9 Å². The Hall–Kier alpha value is -0.170. The normalized spacial score (nSPS) is 20.6. The number of hydrogen-bond donors (Lipinski definition) is 2.